The minimum absolute atomic E-state index is 0.00147. The molecule has 2 amide bonds. The zero-order chi connectivity index (χ0) is 23.5. The lowest BCUT2D eigenvalue weighted by atomic mass is 10.1. The fraction of sp³-hybridized carbons (Fsp3) is 0.769. The van der Waals surface area contributed by atoms with Gasteiger partial charge in [0.05, 0.1) is 0 Å². The smallest absolute Gasteiger partial charge is 0.243 e. The number of rotatable bonds is 23. The Labute approximate surface area is 206 Å². The fourth-order valence-electron chi connectivity index (χ4n) is 3.13. The Kier molecular flexibility index (Phi) is 25.6. The quantitative estimate of drug-likeness (QED) is 0.0913. The summed E-state index contributed by atoms with van der Waals surface area (Å²) in [6, 6.07) is 0. The highest BCUT2D eigenvalue weighted by molar-refractivity contribution is 8.76. The molecular formula is C26H48N2O2S2. The zero-order valence-electron chi connectivity index (χ0n) is 20.7. The van der Waals surface area contributed by atoms with Gasteiger partial charge in [-0.05, 0) is 37.8 Å². The van der Waals surface area contributed by atoms with Gasteiger partial charge in [-0.3, -0.25) is 9.59 Å². The average Bonchev–Trinajstić information content (AvgIpc) is 2.79. The number of carbonyl (C=O) groups is 2. The van der Waals surface area contributed by atoms with Crippen LogP contribution in [0.25, 0.3) is 0 Å². The van der Waals surface area contributed by atoms with E-state index in [4.69, 9.17) is 0 Å². The van der Waals surface area contributed by atoms with Gasteiger partial charge in [-0.1, -0.05) is 112 Å². The molecular weight excluding hydrogens is 436 g/mol. The number of hydrogen-bond acceptors (Lipinski definition) is 4. The third-order valence-electron chi connectivity index (χ3n) is 5.04. The molecule has 0 saturated carbocycles. The van der Waals surface area contributed by atoms with Crippen LogP contribution in [0.1, 0.15) is 104 Å². The van der Waals surface area contributed by atoms with Crippen LogP contribution in [0.4, 0.5) is 0 Å². The summed E-state index contributed by atoms with van der Waals surface area (Å²) in [6.07, 6.45) is 24.7. The van der Waals surface area contributed by atoms with E-state index in [2.05, 4.69) is 24.5 Å². The first-order valence-electron chi connectivity index (χ1n) is 12.8. The van der Waals surface area contributed by atoms with Crippen LogP contribution in [0.3, 0.4) is 0 Å². The summed E-state index contributed by atoms with van der Waals surface area (Å²) in [4.78, 5) is 23.5. The van der Waals surface area contributed by atoms with E-state index >= 15 is 0 Å². The lowest BCUT2D eigenvalue weighted by molar-refractivity contribution is -0.117. The van der Waals surface area contributed by atoms with Gasteiger partial charge in [0.2, 0.25) is 11.8 Å². The molecule has 0 unspecified atom stereocenters. The SMILES string of the molecule is CCCCCCCCC=CC(=O)NCCSSCCNC(=O)C=CCCCCCCCC. The van der Waals surface area contributed by atoms with Gasteiger partial charge in [-0.25, -0.2) is 0 Å². The molecule has 0 aromatic rings. The molecule has 2 N–H and O–H groups in total. The van der Waals surface area contributed by atoms with Crippen molar-refractivity contribution in [3.05, 3.63) is 24.3 Å². The third kappa shape index (κ3) is 25.4. The Morgan fingerprint density at radius 1 is 0.594 bits per heavy atom. The van der Waals surface area contributed by atoms with E-state index in [-0.39, 0.29) is 11.8 Å². The summed E-state index contributed by atoms with van der Waals surface area (Å²) in [5.41, 5.74) is 0. The van der Waals surface area contributed by atoms with Gasteiger partial charge in [0.25, 0.3) is 0 Å². The van der Waals surface area contributed by atoms with Crippen LogP contribution in [0.2, 0.25) is 0 Å². The Hall–Kier alpha value is -0.880. The molecule has 0 aromatic heterocycles. The van der Waals surface area contributed by atoms with Crippen molar-refractivity contribution in [3.63, 3.8) is 0 Å². The van der Waals surface area contributed by atoms with Gasteiger partial charge in [-0.15, -0.1) is 0 Å². The van der Waals surface area contributed by atoms with Crippen LogP contribution in [-0.4, -0.2) is 36.4 Å². The monoisotopic (exact) mass is 484 g/mol. The molecule has 186 valence electrons. The number of nitrogens with one attached hydrogen (secondary N) is 2. The van der Waals surface area contributed by atoms with Crippen molar-refractivity contribution in [1.29, 1.82) is 0 Å². The highest BCUT2D eigenvalue weighted by Crippen LogP contribution is 2.19. The van der Waals surface area contributed by atoms with Crippen LogP contribution >= 0.6 is 21.6 Å². The summed E-state index contributed by atoms with van der Waals surface area (Å²) >= 11 is 0. The molecule has 0 atom stereocenters. The Bertz CT molecular complexity index is 452. The van der Waals surface area contributed by atoms with E-state index in [1.54, 1.807) is 33.7 Å². The van der Waals surface area contributed by atoms with Crippen LogP contribution in [0.5, 0.6) is 0 Å². The Balaban J connectivity index is 3.39. The predicted octanol–water partition coefficient (Wildman–Crippen LogP) is 7.21. The minimum Gasteiger partial charge on any atom is -0.352 e. The molecule has 6 heteroatoms. The van der Waals surface area contributed by atoms with Crippen molar-refractivity contribution >= 4 is 33.4 Å². The van der Waals surface area contributed by atoms with Gasteiger partial charge in [-0.2, -0.15) is 0 Å². The lowest BCUT2D eigenvalue weighted by Gasteiger charge is -2.03. The molecule has 0 aliphatic rings. The maximum absolute atomic E-state index is 11.7. The van der Waals surface area contributed by atoms with E-state index in [0.29, 0.717) is 13.1 Å². The lowest BCUT2D eigenvalue weighted by Crippen LogP contribution is -2.24. The topological polar surface area (TPSA) is 58.2 Å². The number of unbranched alkanes of at least 4 members (excludes halogenated alkanes) is 12. The fourth-order valence-corrected chi connectivity index (χ4v) is 4.95. The molecule has 32 heavy (non-hydrogen) atoms. The normalized spacial score (nSPS) is 11.4. The molecule has 0 spiro atoms. The second kappa shape index (κ2) is 26.4. The summed E-state index contributed by atoms with van der Waals surface area (Å²) in [5.74, 6) is 1.74. The molecule has 0 aliphatic carbocycles. The summed E-state index contributed by atoms with van der Waals surface area (Å²) in [6.45, 7) is 5.81. The molecule has 0 bridgehead atoms. The first-order chi connectivity index (χ1) is 15.7. The van der Waals surface area contributed by atoms with Crippen molar-refractivity contribution in [1.82, 2.24) is 10.6 Å². The van der Waals surface area contributed by atoms with Gasteiger partial charge < -0.3 is 10.6 Å². The Morgan fingerprint density at radius 3 is 1.38 bits per heavy atom. The zero-order valence-corrected chi connectivity index (χ0v) is 22.3. The third-order valence-corrected chi connectivity index (χ3v) is 7.45. The molecule has 4 nitrogen and oxygen atoms in total. The van der Waals surface area contributed by atoms with Crippen molar-refractivity contribution in [3.8, 4) is 0 Å². The van der Waals surface area contributed by atoms with Crippen molar-refractivity contribution in [2.75, 3.05) is 24.6 Å². The number of carbonyl (C=O) groups excluding carboxylic acids is 2. The molecule has 0 saturated heterocycles. The van der Waals surface area contributed by atoms with Crippen LogP contribution < -0.4 is 10.6 Å². The summed E-state index contributed by atoms with van der Waals surface area (Å²) in [7, 11) is 3.46. The Morgan fingerprint density at radius 2 is 0.969 bits per heavy atom. The van der Waals surface area contributed by atoms with Crippen molar-refractivity contribution in [2.24, 2.45) is 0 Å². The molecule has 0 heterocycles. The van der Waals surface area contributed by atoms with Gasteiger partial charge in [0, 0.05) is 24.6 Å². The van der Waals surface area contributed by atoms with E-state index < -0.39 is 0 Å². The molecule has 0 aromatic carbocycles. The molecule has 0 rings (SSSR count). The molecule has 0 radical (unpaired) electrons. The molecule has 0 aliphatic heterocycles. The van der Waals surface area contributed by atoms with E-state index in [9.17, 15) is 9.59 Å². The van der Waals surface area contributed by atoms with Crippen molar-refractivity contribution in [2.45, 2.75) is 104 Å². The first kappa shape index (κ1) is 31.1. The van der Waals surface area contributed by atoms with Gasteiger partial charge in [0.1, 0.15) is 0 Å². The number of hydrogen-bond donors (Lipinski definition) is 2. The van der Waals surface area contributed by atoms with Crippen LogP contribution in [0.15, 0.2) is 24.3 Å². The first-order valence-corrected chi connectivity index (χ1v) is 15.3. The number of amides is 2. The number of allylic oxidation sites excluding steroid dienone is 2. The molecule has 0 fully saturated rings. The highest BCUT2D eigenvalue weighted by atomic mass is 33.1. The second-order valence-electron chi connectivity index (χ2n) is 8.14. The van der Waals surface area contributed by atoms with E-state index in [1.807, 2.05) is 12.2 Å². The van der Waals surface area contributed by atoms with E-state index in [1.165, 1.54) is 77.0 Å². The van der Waals surface area contributed by atoms with Gasteiger partial charge >= 0.3 is 0 Å². The van der Waals surface area contributed by atoms with Crippen LogP contribution in [-0.2, 0) is 9.59 Å². The predicted molar refractivity (Wildman–Crippen MR) is 145 cm³/mol. The second-order valence-corrected chi connectivity index (χ2v) is 10.8. The van der Waals surface area contributed by atoms with Crippen LogP contribution in [0, 0.1) is 0 Å². The largest absolute Gasteiger partial charge is 0.352 e. The highest BCUT2D eigenvalue weighted by Gasteiger charge is 1.98. The summed E-state index contributed by atoms with van der Waals surface area (Å²) < 4.78 is 0. The summed E-state index contributed by atoms with van der Waals surface area (Å²) in [5, 5.41) is 5.84. The van der Waals surface area contributed by atoms with E-state index in [0.717, 1.165) is 24.3 Å². The average molecular weight is 485 g/mol. The van der Waals surface area contributed by atoms with Gasteiger partial charge in [0.15, 0.2) is 0 Å². The maximum atomic E-state index is 11.7. The maximum Gasteiger partial charge on any atom is 0.243 e. The minimum atomic E-state index is 0.00147. The van der Waals surface area contributed by atoms with Crippen molar-refractivity contribution < 1.29 is 9.59 Å². The standard InChI is InChI=1S/C26H48N2O2S2/c1-3-5-7-9-11-13-15-17-19-25(29)27-21-23-31-32-24-22-28-26(30)20-18-16-14-12-10-8-6-4-2/h17-20H,3-16,21-24H2,1-2H3,(H,27,29)(H,28,30).